The molecule has 0 fully saturated rings. The number of aryl methyl sites for hydroxylation is 1. The predicted octanol–water partition coefficient (Wildman–Crippen LogP) is 3.45. The predicted molar refractivity (Wildman–Crippen MR) is 105 cm³/mol. The normalized spacial score (nSPS) is 11.6. The molecule has 2 aromatic carbocycles. The minimum absolute atomic E-state index is 0.130. The van der Waals surface area contributed by atoms with E-state index in [0.717, 1.165) is 16.8 Å². The number of benzene rings is 2. The SMILES string of the molecule is CC(=O)N(CCNS(=O)(=O)c1ccc(C(C)C)cc1)c1ccc(C)cc1. The number of carbonyl (C=O) groups is 1. The van der Waals surface area contributed by atoms with E-state index in [9.17, 15) is 13.2 Å². The first-order chi connectivity index (χ1) is 12.2. The Hall–Kier alpha value is -2.18. The molecule has 0 bridgehead atoms. The number of rotatable bonds is 7. The number of nitrogens with zero attached hydrogens (tertiary/aromatic N) is 1. The molecule has 0 unspecified atom stereocenters. The van der Waals surface area contributed by atoms with Crippen LogP contribution in [0.15, 0.2) is 53.4 Å². The van der Waals surface area contributed by atoms with Crippen molar-refractivity contribution in [1.82, 2.24) is 4.72 Å². The lowest BCUT2D eigenvalue weighted by Crippen LogP contribution is -2.37. The number of hydrogen-bond donors (Lipinski definition) is 1. The zero-order valence-electron chi connectivity index (χ0n) is 15.7. The molecule has 0 aliphatic carbocycles. The molecule has 0 aliphatic heterocycles. The van der Waals surface area contributed by atoms with Crippen molar-refractivity contribution in [3.8, 4) is 0 Å². The monoisotopic (exact) mass is 374 g/mol. The minimum atomic E-state index is -3.60. The minimum Gasteiger partial charge on any atom is -0.311 e. The van der Waals surface area contributed by atoms with E-state index in [1.54, 1.807) is 17.0 Å². The second-order valence-corrected chi connectivity index (χ2v) is 8.39. The van der Waals surface area contributed by atoms with Crippen LogP contribution in [0.5, 0.6) is 0 Å². The molecule has 1 amide bonds. The molecule has 0 atom stereocenters. The Kier molecular flexibility index (Phi) is 6.56. The van der Waals surface area contributed by atoms with Gasteiger partial charge in [-0.25, -0.2) is 13.1 Å². The molecule has 0 spiro atoms. The Morgan fingerprint density at radius 1 is 1.04 bits per heavy atom. The maximum Gasteiger partial charge on any atom is 0.240 e. The molecule has 1 N–H and O–H groups in total. The van der Waals surface area contributed by atoms with Gasteiger partial charge in [0.25, 0.3) is 0 Å². The van der Waals surface area contributed by atoms with Gasteiger partial charge in [-0.3, -0.25) is 4.79 Å². The summed E-state index contributed by atoms with van der Waals surface area (Å²) < 4.78 is 27.4. The first kappa shape index (κ1) is 20.1. The maximum absolute atomic E-state index is 12.4. The second-order valence-electron chi connectivity index (χ2n) is 6.63. The van der Waals surface area contributed by atoms with E-state index in [1.165, 1.54) is 6.92 Å². The number of hydrogen-bond acceptors (Lipinski definition) is 3. The van der Waals surface area contributed by atoms with E-state index in [-0.39, 0.29) is 23.9 Å². The fourth-order valence-electron chi connectivity index (χ4n) is 2.60. The van der Waals surface area contributed by atoms with Crippen molar-refractivity contribution in [3.63, 3.8) is 0 Å². The summed E-state index contributed by atoms with van der Waals surface area (Å²) in [5, 5.41) is 0. The average molecular weight is 375 g/mol. The van der Waals surface area contributed by atoms with Gasteiger partial charge in [-0.1, -0.05) is 43.7 Å². The molecule has 2 rings (SSSR count). The summed E-state index contributed by atoms with van der Waals surface area (Å²) in [5.74, 6) is 0.215. The molecule has 0 aromatic heterocycles. The van der Waals surface area contributed by atoms with Crippen LogP contribution in [0, 0.1) is 6.92 Å². The summed E-state index contributed by atoms with van der Waals surface area (Å²) in [4.78, 5) is 13.7. The smallest absolute Gasteiger partial charge is 0.240 e. The van der Waals surface area contributed by atoms with Crippen LogP contribution in [-0.2, 0) is 14.8 Å². The molecule has 2 aromatic rings. The van der Waals surface area contributed by atoms with Crippen LogP contribution in [0.2, 0.25) is 0 Å². The molecular weight excluding hydrogens is 348 g/mol. The molecule has 0 heterocycles. The van der Waals surface area contributed by atoms with Gasteiger partial charge in [-0.05, 0) is 42.7 Å². The first-order valence-electron chi connectivity index (χ1n) is 8.65. The van der Waals surface area contributed by atoms with Crippen LogP contribution in [0.25, 0.3) is 0 Å². The standard InChI is InChI=1S/C20H26N2O3S/c1-15(2)18-7-11-20(12-8-18)26(24,25)21-13-14-22(17(4)23)19-9-5-16(3)6-10-19/h5-12,15,21H,13-14H2,1-4H3. The summed E-state index contributed by atoms with van der Waals surface area (Å²) in [6.45, 7) is 7.97. The van der Waals surface area contributed by atoms with Crippen LogP contribution in [-0.4, -0.2) is 27.4 Å². The van der Waals surface area contributed by atoms with E-state index in [1.807, 2.05) is 43.3 Å². The Morgan fingerprint density at radius 2 is 1.62 bits per heavy atom. The number of sulfonamides is 1. The topological polar surface area (TPSA) is 66.5 Å². The number of anilines is 1. The lowest BCUT2D eigenvalue weighted by Gasteiger charge is -2.21. The molecule has 140 valence electrons. The Balaban J connectivity index is 2.03. The third-order valence-corrected chi connectivity index (χ3v) is 5.69. The molecule has 5 nitrogen and oxygen atoms in total. The van der Waals surface area contributed by atoms with Crippen molar-refractivity contribution in [2.75, 3.05) is 18.0 Å². The average Bonchev–Trinajstić information content (AvgIpc) is 2.59. The number of amides is 1. The summed E-state index contributed by atoms with van der Waals surface area (Å²) in [6, 6.07) is 14.4. The van der Waals surface area contributed by atoms with E-state index >= 15 is 0 Å². The summed E-state index contributed by atoms with van der Waals surface area (Å²) in [7, 11) is -3.60. The van der Waals surface area contributed by atoms with Crippen molar-refractivity contribution in [2.24, 2.45) is 0 Å². The van der Waals surface area contributed by atoms with Gasteiger partial charge in [-0.2, -0.15) is 0 Å². The molecule has 0 saturated heterocycles. The van der Waals surface area contributed by atoms with Crippen molar-refractivity contribution in [1.29, 1.82) is 0 Å². The molecule has 0 aliphatic rings. The van der Waals surface area contributed by atoms with Gasteiger partial charge >= 0.3 is 0 Å². The Bertz CT molecular complexity index is 842. The number of nitrogens with one attached hydrogen (secondary N) is 1. The fraction of sp³-hybridized carbons (Fsp3) is 0.350. The van der Waals surface area contributed by atoms with Crippen LogP contribution < -0.4 is 9.62 Å². The van der Waals surface area contributed by atoms with E-state index < -0.39 is 10.0 Å². The molecule has 0 radical (unpaired) electrons. The highest BCUT2D eigenvalue weighted by Gasteiger charge is 2.16. The van der Waals surface area contributed by atoms with Crippen LogP contribution in [0.1, 0.15) is 37.8 Å². The van der Waals surface area contributed by atoms with Gasteiger partial charge in [0, 0.05) is 25.7 Å². The zero-order chi connectivity index (χ0) is 19.3. The highest BCUT2D eigenvalue weighted by Crippen LogP contribution is 2.18. The quantitative estimate of drug-likeness (QED) is 0.807. The summed E-state index contributed by atoms with van der Waals surface area (Å²) >= 11 is 0. The van der Waals surface area contributed by atoms with Gasteiger partial charge in [0.1, 0.15) is 0 Å². The maximum atomic E-state index is 12.4. The van der Waals surface area contributed by atoms with Gasteiger partial charge in [0.05, 0.1) is 4.90 Å². The Labute approximate surface area is 156 Å². The van der Waals surface area contributed by atoms with Crippen molar-refractivity contribution >= 4 is 21.6 Å². The highest BCUT2D eigenvalue weighted by molar-refractivity contribution is 7.89. The molecular formula is C20H26N2O3S. The van der Waals surface area contributed by atoms with Gasteiger partial charge in [-0.15, -0.1) is 0 Å². The number of carbonyl (C=O) groups excluding carboxylic acids is 1. The zero-order valence-corrected chi connectivity index (χ0v) is 16.5. The summed E-state index contributed by atoms with van der Waals surface area (Å²) in [5.41, 5.74) is 2.94. The van der Waals surface area contributed by atoms with Crippen molar-refractivity contribution in [3.05, 3.63) is 59.7 Å². The van der Waals surface area contributed by atoms with Crippen LogP contribution >= 0.6 is 0 Å². The molecule has 0 saturated carbocycles. The van der Waals surface area contributed by atoms with Crippen molar-refractivity contribution < 1.29 is 13.2 Å². The lowest BCUT2D eigenvalue weighted by molar-refractivity contribution is -0.116. The third kappa shape index (κ3) is 5.16. The largest absolute Gasteiger partial charge is 0.311 e. The summed E-state index contributed by atoms with van der Waals surface area (Å²) in [6.07, 6.45) is 0. The van der Waals surface area contributed by atoms with E-state index in [4.69, 9.17) is 0 Å². The van der Waals surface area contributed by atoms with Crippen LogP contribution in [0.4, 0.5) is 5.69 Å². The van der Waals surface area contributed by atoms with Crippen LogP contribution in [0.3, 0.4) is 0 Å². The van der Waals surface area contributed by atoms with Gasteiger partial charge in [0.2, 0.25) is 15.9 Å². The van der Waals surface area contributed by atoms with E-state index in [2.05, 4.69) is 18.6 Å². The molecule has 26 heavy (non-hydrogen) atoms. The van der Waals surface area contributed by atoms with Crippen molar-refractivity contribution in [2.45, 2.75) is 38.5 Å². The first-order valence-corrected chi connectivity index (χ1v) is 10.1. The van der Waals surface area contributed by atoms with Gasteiger partial charge < -0.3 is 4.90 Å². The lowest BCUT2D eigenvalue weighted by atomic mass is 10.0. The van der Waals surface area contributed by atoms with E-state index in [0.29, 0.717) is 5.92 Å². The molecule has 6 heteroatoms. The Morgan fingerprint density at radius 3 is 2.12 bits per heavy atom. The van der Waals surface area contributed by atoms with Gasteiger partial charge in [0.15, 0.2) is 0 Å². The fourth-order valence-corrected chi connectivity index (χ4v) is 3.62. The highest BCUT2D eigenvalue weighted by atomic mass is 32.2. The third-order valence-electron chi connectivity index (χ3n) is 4.21. The second kappa shape index (κ2) is 8.47.